The van der Waals surface area contributed by atoms with Crippen LogP contribution in [-0.2, 0) is 5.75 Å². The average Bonchev–Trinajstić information content (AvgIpc) is 2.83. The van der Waals surface area contributed by atoms with Gasteiger partial charge >= 0.3 is 0 Å². The maximum Gasteiger partial charge on any atom is 0.144 e. The van der Waals surface area contributed by atoms with Gasteiger partial charge in [-0.1, -0.05) is 18.9 Å². The Morgan fingerprint density at radius 3 is 3.00 bits per heavy atom. The third-order valence-corrected chi connectivity index (χ3v) is 4.31. The highest BCUT2D eigenvalue weighted by molar-refractivity contribution is 7.98. The van der Waals surface area contributed by atoms with Gasteiger partial charge in [0.15, 0.2) is 0 Å². The lowest BCUT2D eigenvalue weighted by molar-refractivity contribution is 0.623. The number of thioether (sulfide) groups is 1. The largest absolute Gasteiger partial charge is 0.245 e. The molecule has 0 atom stereocenters. The first-order chi connectivity index (χ1) is 7.90. The number of rotatable bonds is 4. The molecular weight excluding hydrogens is 216 g/mol. The van der Waals surface area contributed by atoms with Crippen molar-refractivity contribution < 1.29 is 0 Å². The summed E-state index contributed by atoms with van der Waals surface area (Å²) in [7, 11) is 0. The van der Waals surface area contributed by atoms with Crippen molar-refractivity contribution in [3.05, 3.63) is 29.6 Å². The van der Waals surface area contributed by atoms with Crippen molar-refractivity contribution in [3.63, 3.8) is 0 Å². The predicted molar refractivity (Wildman–Crippen MR) is 67.1 cm³/mol. The molecule has 0 aromatic carbocycles. The van der Waals surface area contributed by atoms with Crippen molar-refractivity contribution in [2.75, 3.05) is 5.75 Å². The van der Waals surface area contributed by atoms with Gasteiger partial charge in [-0.2, -0.15) is 17.0 Å². The van der Waals surface area contributed by atoms with E-state index in [1.165, 1.54) is 31.4 Å². The molecular formula is C13H16N2S. The fraction of sp³-hybridized carbons (Fsp3) is 0.538. The molecule has 0 spiro atoms. The minimum atomic E-state index is 0.585. The lowest BCUT2D eigenvalue weighted by Gasteiger charge is -2.08. The Morgan fingerprint density at radius 2 is 2.25 bits per heavy atom. The van der Waals surface area contributed by atoms with Crippen LogP contribution in [0.1, 0.15) is 36.9 Å². The zero-order valence-electron chi connectivity index (χ0n) is 9.35. The summed E-state index contributed by atoms with van der Waals surface area (Å²) < 4.78 is 0. The van der Waals surface area contributed by atoms with Crippen molar-refractivity contribution >= 4 is 11.8 Å². The highest BCUT2D eigenvalue weighted by Crippen LogP contribution is 2.29. The smallest absolute Gasteiger partial charge is 0.144 e. The summed E-state index contributed by atoms with van der Waals surface area (Å²) in [6, 6.07) is 6.07. The Balaban J connectivity index is 1.82. The Morgan fingerprint density at radius 1 is 1.44 bits per heavy atom. The topological polar surface area (TPSA) is 36.7 Å². The standard InChI is InChI=1S/C13H16N2S/c14-8-13-12(6-3-7-15-13)10-16-9-11-4-1-2-5-11/h3,6-7,11H,1-2,4-5,9-10H2. The summed E-state index contributed by atoms with van der Waals surface area (Å²) in [5.74, 6) is 3.07. The first-order valence-electron chi connectivity index (χ1n) is 5.82. The average molecular weight is 232 g/mol. The molecule has 1 saturated carbocycles. The Hall–Kier alpha value is -1.01. The first kappa shape index (κ1) is 11.5. The van der Waals surface area contributed by atoms with Gasteiger partial charge < -0.3 is 0 Å². The highest BCUT2D eigenvalue weighted by atomic mass is 32.2. The van der Waals surface area contributed by atoms with Crippen LogP contribution in [0.2, 0.25) is 0 Å². The van der Waals surface area contributed by atoms with E-state index in [1.54, 1.807) is 6.20 Å². The molecule has 0 aliphatic heterocycles. The molecule has 0 saturated heterocycles. The molecule has 84 valence electrons. The lowest BCUT2D eigenvalue weighted by Crippen LogP contribution is -1.98. The third-order valence-electron chi connectivity index (χ3n) is 3.08. The van der Waals surface area contributed by atoms with Gasteiger partial charge in [-0.25, -0.2) is 4.98 Å². The van der Waals surface area contributed by atoms with Crippen LogP contribution < -0.4 is 0 Å². The fourth-order valence-electron chi connectivity index (χ4n) is 2.17. The molecule has 2 rings (SSSR count). The minimum Gasteiger partial charge on any atom is -0.245 e. The first-order valence-corrected chi connectivity index (χ1v) is 6.97. The molecule has 0 bridgehead atoms. The molecule has 1 aromatic heterocycles. The molecule has 0 unspecified atom stereocenters. The van der Waals surface area contributed by atoms with Gasteiger partial charge in [0.05, 0.1) is 0 Å². The number of pyridine rings is 1. The summed E-state index contributed by atoms with van der Waals surface area (Å²) >= 11 is 1.94. The van der Waals surface area contributed by atoms with Crippen molar-refractivity contribution in [1.29, 1.82) is 5.26 Å². The number of nitriles is 1. The highest BCUT2D eigenvalue weighted by Gasteiger charge is 2.14. The van der Waals surface area contributed by atoms with Crippen LogP contribution in [0.5, 0.6) is 0 Å². The molecule has 2 nitrogen and oxygen atoms in total. The van der Waals surface area contributed by atoms with Crippen molar-refractivity contribution in [3.8, 4) is 6.07 Å². The van der Waals surface area contributed by atoms with Crippen LogP contribution in [0.25, 0.3) is 0 Å². The second-order valence-corrected chi connectivity index (χ2v) is 5.32. The van der Waals surface area contributed by atoms with E-state index >= 15 is 0 Å². The summed E-state index contributed by atoms with van der Waals surface area (Å²) in [6.45, 7) is 0. The van der Waals surface area contributed by atoms with E-state index in [4.69, 9.17) is 5.26 Å². The summed E-state index contributed by atoms with van der Waals surface area (Å²) in [4.78, 5) is 4.07. The van der Waals surface area contributed by atoms with Gasteiger partial charge in [-0.3, -0.25) is 0 Å². The maximum atomic E-state index is 8.91. The fourth-order valence-corrected chi connectivity index (χ4v) is 3.41. The second kappa shape index (κ2) is 5.91. The number of aromatic nitrogens is 1. The quantitative estimate of drug-likeness (QED) is 0.798. The molecule has 1 heterocycles. The molecule has 0 N–H and O–H groups in total. The second-order valence-electron chi connectivity index (χ2n) is 4.29. The molecule has 0 radical (unpaired) electrons. The van der Waals surface area contributed by atoms with Gasteiger partial charge in [0.1, 0.15) is 11.8 Å². The Bertz CT molecular complexity index is 378. The van der Waals surface area contributed by atoms with Crippen LogP contribution in [-0.4, -0.2) is 10.7 Å². The molecule has 0 amide bonds. The van der Waals surface area contributed by atoms with E-state index in [0.717, 1.165) is 17.2 Å². The normalized spacial score (nSPS) is 16.2. The van der Waals surface area contributed by atoms with E-state index in [-0.39, 0.29) is 0 Å². The zero-order chi connectivity index (χ0) is 11.2. The van der Waals surface area contributed by atoms with E-state index in [9.17, 15) is 0 Å². The molecule has 1 aromatic rings. The number of hydrogen-bond donors (Lipinski definition) is 0. The van der Waals surface area contributed by atoms with Gasteiger partial charge in [0.25, 0.3) is 0 Å². The van der Waals surface area contributed by atoms with Crippen molar-refractivity contribution in [2.45, 2.75) is 31.4 Å². The maximum absolute atomic E-state index is 8.91. The summed E-state index contributed by atoms with van der Waals surface area (Å²) in [5, 5.41) is 8.91. The van der Waals surface area contributed by atoms with Crippen molar-refractivity contribution in [2.24, 2.45) is 5.92 Å². The predicted octanol–water partition coefficient (Wildman–Crippen LogP) is 3.38. The molecule has 16 heavy (non-hydrogen) atoms. The Kier molecular flexibility index (Phi) is 4.24. The van der Waals surface area contributed by atoms with Gasteiger partial charge in [-0.15, -0.1) is 0 Å². The van der Waals surface area contributed by atoms with Crippen LogP contribution >= 0.6 is 11.8 Å². The van der Waals surface area contributed by atoms with E-state index < -0.39 is 0 Å². The number of hydrogen-bond acceptors (Lipinski definition) is 3. The van der Waals surface area contributed by atoms with Crippen LogP contribution in [0, 0.1) is 17.2 Å². The van der Waals surface area contributed by atoms with E-state index in [1.807, 2.05) is 23.9 Å². The van der Waals surface area contributed by atoms with Crippen molar-refractivity contribution in [1.82, 2.24) is 4.98 Å². The van der Waals surface area contributed by atoms with Gasteiger partial charge in [0.2, 0.25) is 0 Å². The summed E-state index contributed by atoms with van der Waals surface area (Å²) in [6.07, 6.45) is 7.28. The Labute approximate surface area is 101 Å². The van der Waals surface area contributed by atoms with E-state index in [2.05, 4.69) is 11.1 Å². The SMILES string of the molecule is N#Cc1ncccc1CSCC1CCCC1. The van der Waals surface area contributed by atoms with E-state index in [0.29, 0.717) is 5.69 Å². The monoisotopic (exact) mass is 232 g/mol. The summed E-state index contributed by atoms with van der Waals surface area (Å²) in [5.41, 5.74) is 1.66. The molecule has 1 aliphatic carbocycles. The molecule has 1 aliphatic rings. The minimum absolute atomic E-state index is 0.585. The molecule has 3 heteroatoms. The lowest BCUT2D eigenvalue weighted by atomic mass is 10.1. The van der Waals surface area contributed by atoms with Crippen LogP contribution in [0.4, 0.5) is 0 Å². The third kappa shape index (κ3) is 2.99. The van der Waals surface area contributed by atoms with Crippen LogP contribution in [0.3, 0.4) is 0 Å². The van der Waals surface area contributed by atoms with Gasteiger partial charge in [-0.05, 0) is 36.1 Å². The molecule has 1 fully saturated rings. The van der Waals surface area contributed by atoms with Gasteiger partial charge in [0, 0.05) is 11.9 Å². The zero-order valence-corrected chi connectivity index (χ0v) is 10.2. The number of nitrogens with zero attached hydrogens (tertiary/aromatic N) is 2. The van der Waals surface area contributed by atoms with Crippen LogP contribution in [0.15, 0.2) is 18.3 Å².